The predicted molar refractivity (Wildman–Crippen MR) is 121 cm³/mol. The van der Waals surface area contributed by atoms with Crippen LogP contribution in [-0.4, -0.2) is 28.0 Å². The smallest absolute Gasteiger partial charge is 0.265 e. The van der Waals surface area contributed by atoms with Crippen molar-refractivity contribution in [3.05, 3.63) is 78.1 Å². The van der Waals surface area contributed by atoms with E-state index in [1.165, 1.54) is 24.3 Å². The summed E-state index contributed by atoms with van der Waals surface area (Å²) in [6.07, 6.45) is 0.620. The molecule has 0 aromatic heterocycles. The maximum atomic E-state index is 14.0. The lowest BCUT2D eigenvalue weighted by atomic mass is 10.0. The van der Waals surface area contributed by atoms with Gasteiger partial charge in [0.05, 0.1) is 23.7 Å². The van der Waals surface area contributed by atoms with Crippen LogP contribution in [0.5, 0.6) is 5.75 Å². The average molecular weight is 455 g/mol. The molecule has 0 spiro atoms. The molecule has 0 radical (unpaired) electrons. The molecule has 32 heavy (non-hydrogen) atoms. The minimum atomic E-state index is -3.99. The topological polar surface area (TPSA) is 75.7 Å². The molecule has 1 amide bonds. The highest BCUT2D eigenvalue weighted by atomic mass is 32.2. The molecule has 0 saturated carbocycles. The van der Waals surface area contributed by atoms with Crippen LogP contribution in [0.4, 0.5) is 10.1 Å². The van der Waals surface area contributed by atoms with Crippen molar-refractivity contribution >= 4 is 21.6 Å². The molecule has 1 aliphatic heterocycles. The van der Waals surface area contributed by atoms with Crippen LogP contribution in [0.1, 0.15) is 24.9 Å². The van der Waals surface area contributed by atoms with Crippen molar-refractivity contribution in [2.24, 2.45) is 0 Å². The lowest BCUT2D eigenvalue weighted by molar-refractivity contribution is -0.120. The van der Waals surface area contributed by atoms with Gasteiger partial charge in [-0.15, -0.1) is 0 Å². The molecular weight excluding hydrogens is 431 g/mol. The summed E-state index contributed by atoms with van der Waals surface area (Å²) >= 11 is 0. The summed E-state index contributed by atoms with van der Waals surface area (Å²) in [5.41, 5.74) is 2.02. The van der Waals surface area contributed by atoms with Gasteiger partial charge in [0.1, 0.15) is 18.1 Å². The van der Waals surface area contributed by atoms with Crippen molar-refractivity contribution in [2.75, 3.05) is 18.0 Å². The van der Waals surface area contributed by atoms with Gasteiger partial charge in [0.15, 0.2) is 0 Å². The quantitative estimate of drug-likeness (QED) is 0.603. The summed E-state index contributed by atoms with van der Waals surface area (Å²) in [5.74, 6) is -0.226. The molecule has 0 bridgehead atoms. The summed E-state index contributed by atoms with van der Waals surface area (Å²) in [7, 11) is -2.41. The monoisotopic (exact) mass is 454 g/mol. The SMILES string of the molecule is CC[C@H](NC(=O)CN1c2ccc(F)cc2-c2ccccc2S1(=O)=O)c1ccc(OC)cc1. The standard InChI is InChI=1S/C24H23FN2O4S/c1-3-21(16-8-11-18(31-2)12-9-16)26-24(28)15-27-22-13-10-17(25)14-20(22)19-6-4-5-7-23(19)32(27,29)30/h4-14,21H,3,15H2,1-2H3,(H,26,28)/t21-/m0/s1. The fourth-order valence-corrected chi connectivity index (χ4v) is 5.55. The molecule has 6 nitrogen and oxygen atoms in total. The van der Waals surface area contributed by atoms with Gasteiger partial charge in [0.25, 0.3) is 10.0 Å². The first kappa shape index (κ1) is 21.8. The van der Waals surface area contributed by atoms with E-state index in [2.05, 4.69) is 5.32 Å². The maximum absolute atomic E-state index is 14.0. The van der Waals surface area contributed by atoms with E-state index in [1.807, 2.05) is 19.1 Å². The molecule has 0 unspecified atom stereocenters. The summed E-state index contributed by atoms with van der Waals surface area (Å²) in [5, 5.41) is 2.91. The first-order valence-corrected chi connectivity index (χ1v) is 11.6. The number of hydrogen-bond acceptors (Lipinski definition) is 4. The van der Waals surface area contributed by atoms with Gasteiger partial charge in [-0.25, -0.2) is 12.8 Å². The number of nitrogens with one attached hydrogen (secondary N) is 1. The molecule has 3 aromatic rings. The number of ether oxygens (including phenoxy) is 1. The first-order chi connectivity index (χ1) is 15.3. The number of hydrogen-bond donors (Lipinski definition) is 1. The lowest BCUT2D eigenvalue weighted by Crippen LogP contribution is -2.43. The lowest BCUT2D eigenvalue weighted by Gasteiger charge is -2.32. The number of methoxy groups -OCH3 is 1. The van der Waals surface area contributed by atoms with Crippen molar-refractivity contribution in [1.82, 2.24) is 5.32 Å². The van der Waals surface area contributed by atoms with Crippen molar-refractivity contribution in [3.63, 3.8) is 0 Å². The fraction of sp³-hybridized carbons (Fsp3) is 0.208. The molecular formula is C24H23FN2O4S. The third kappa shape index (κ3) is 3.93. The van der Waals surface area contributed by atoms with Gasteiger partial charge in [-0.3, -0.25) is 9.10 Å². The van der Waals surface area contributed by atoms with E-state index in [0.717, 1.165) is 9.87 Å². The number of carbonyl (C=O) groups is 1. The van der Waals surface area contributed by atoms with Gasteiger partial charge < -0.3 is 10.1 Å². The number of carbonyl (C=O) groups excluding carboxylic acids is 1. The minimum Gasteiger partial charge on any atom is -0.497 e. The Hall–Kier alpha value is -3.39. The van der Waals surface area contributed by atoms with Crippen LogP contribution in [0.15, 0.2) is 71.6 Å². The van der Waals surface area contributed by atoms with Gasteiger partial charge in [-0.05, 0) is 48.4 Å². The second-order valence-electron chi connectivity index (χ2n) is 7.47. The number of fused-ring (bicyclic) bond motifs is 3. The first-order valence-electron chi connectivity index (χ1n) is 10.2. The van der Waals surface area contributed by atoms with Gasteiger partial charge >= 0.3 is 0 Å². The molecule has 4 rings (SSSR count). The van der Waals surface area contributed by atoms with E-state index in [1.54, 1.807) is 37.4 Å². The van der Waals surface area contributed by atoms with E-state index < -0.39 is 28.3 Å². The van der Waals surface area contributed by atoms with E-state index in [0.29, 0.717) is 23.3 Å². The molecule has 0 aliphatic carbocycles. The van der Waals surface area contributed by atoms with Gasteiger partial charge in [-0.2, -0.15) is 0 Å². The summed E-state index contributed by atoms with van der Waals surface area (Å²) in [6, 6.07) is 17.3. The van der Waals surface area contributed by atoms with Gasteiger partial charge in [0, 0.05) is 11.1 Å². The van der Waals surface area contributed by atoms with Crippen LogP contribution in [0, 0.1) is 5.82 Å². The van der Waals surface area contributed by atoms with Crippen LogP contribution in [0.25, 0.3) is 11.1 Å². The Morgan fingerprint density at radius 3 is 2.47 bits per heavy atom. The van der Waals surface area contributed by atoms with E-state index in [-0.39, 0.29) is 16.6 Å². The minimum absolute atomic E-state index is 0.0492. The molecule has 1 N–H and O–H groups in total. The van der Waals surface area contributed by atoms with E-state index in [9.17, 15) is 17.6 Å². The number of rotatable bonds is 6. The van der Waals surface area contributed by atoms with Crippen LogP contribution < -0.4 is 14.4 Å². The van der Waals surface area contributed by atoms with Crippen molar-refractivity contribution in [1.29, 1.82) is 0 Å². The highest BCUT2D eigenvalue weighted by Gasteiger charge is 2.36. The number of benzene rings is 3. The number of nitrogens with zero attached hydrogens (tertiary/aromatic N) is 1. The summed E-state index contributed by atoms with van der Waals surface area (Å²) in [4.78, 5) is 13.0. The highest BCUT2D eigenvalue weighted by molar-refractivity contribution is 7.93. The highest BCUT2D eigenvalue weighted by Crippen LogP contribution is 2.43. The van der Waals surface area contributed by atoms with Crippen LogP contribution in [0.3, 0.4) is 0 Å². The van der Waals surface area contributed by atoms with Gasteiger partial charge in [-0.1, -0.05) is 37.3 Å². The predicted octanol–water partition coefficient (Wildman–Crippen LogP) is 4.28. The van der Waals surface area contributed by atoms with Crippen LogP contribution in [0.2, 0.25) is 0 Å². The third-order valence-corrected chi connectivity index (χ3v) is 7.34. The molecule has 1 atom stereocenters. The Morgan fingerprint density at radius 2 is 1.78 bits per heavy atom. The number of amides is 1. The van der Waals surface area contributed by atoms with Crippen molar-refractivity contribution < 1.29 is 22.3 Å². The van der Waals surface area contributed by atoms with Crippen molar-refractivity contribution in [3.8, 4) is 16.9 Å². The zero-order chi connectivity index (χ0) is 22.9. The van der Waals surface area contributed by atoms with Gasteiger partial charge in [0.2, 0.25) is 5.91 Å². The molecule has 0 saturated heterocycles. The average Bonchev–Trinajstić information content (AvgIpc) is 2.80. The number of sulfonamides is 1. The molecule has 8 heteroatoms. The Kier molecular flexibility index (Phi) is 5.88. The second-order valence-corrected chi connectivity index (χ2v) is 9.30. The number of anilines is 1. The Bertz CT molecular complexity index is 1260. The van der Waals surface area contributed by atoms with E-state index >= 15 is 0 Å². The fourth-order valence-electron chi connectivity index (χ4n) is 3.90. The Morgan fingerprint density at radius 1 is 1.06 bits per heavy atom. The Balaban J connectivity index is 1.64. The third-order valence-electron chi connectivity index (χ3n) is 5.52. The van der Waals surface area contributed by atoms with Crippen molar-refractivity contribution in [2.45, 2.75) is 24.3 Å². The Labute approximate surface area is 186 Å². The molecule has 3 aromatic carbocycles. The zero-order valence-electron chi connectivity index (χ0n) is 17.7. The van der Waals surface area contributed by atoms with E-state index in [4.69, 9.17) is 4.74 Å². The molecule has 1 heterocycles. The largest absolute Gasteiger partial charge is 0.497 e. The van der Waals surface area contributed by atoms with Crippen LogP contribution >= 0.6 is 0 Å². The zero-order valence-corrected chi connectivity index (χ0v) is 18.5. The maximum Gasteiger partial charge on any atom is 0.265 e. The molecule has 166 valence electrons. The number of halogens is 1. The van der Waals surface area contributed by atoms with Crippen LogP contribution in [-0.2, 0) is 14.8 Å². The summed E-state index contributed by atoms with van der Waals surface area (Å²) in [6.45, 7) is 1.52. The second kappa shape index (κ2) is 8.63. The molecule has 0 fully saturated rings. The molecule has 1 aliphatic rings. The summed E-state index contributed by atoms with van der Waals surface area (Å²) < 4.78 is 46.8. The normalized spacial score (nSPS) is 14.8.